The largest absolute Gasteiger partial charge is 0.320 e. The van der Waals surface area contributed by atoms with Crippen molar-refractivity contribution in [1.29, 1.82) is 0 Å². The Morgan fingerprint density at radius 2 is 2.30 bits per heavy atom. The third-order valence-electron chi connectivity index (χ3n) is 2.30. The molecule has 0 atom stereocenters. The molecule has 1 aromatic heterocycles. The van der Waals surface area contributed by atoms with Gasteiger partial charge in [0, 0.05) is 11.1 Å². The number of hydrogen-bond donors (Lipinski definition) is 2. The summed E-state index contributed by atoms with van der Waals surface area (Å²) in [5.74, 6) is 5.26. The van der Waals surface area contributed by atoms with Crippen molar-refractivity contribution in [3.05, 3.63) is 39.4 Å². The van der Waals surface area contributed by atoms with Crippen LogP contribution in [0.3, 0.4) is 0 Å². The zero-order chi connectivity index (χ0) is 14.5. The van der Waals surface area contributed by atoms with Gasteiger partial charge in [0.2, 0.25) is 5.13 Å². The molecule has 0 aliphatic rings. The molecule has 1 aromatic carbocycles. The van der Waals surface area contributed by atoms with E-state index in [0.29, 0.717) is 21.3 Å². The molecule has 0 fully saturated rings. The first-order valence-corrected chi connectivity index (χ1v) is 6.89. The fourth-order valence-electron chi connectivity index (χ4n) is 1.42. The lowest BCUT2D eigenvalue weighted by molar-refractivity contribution is 0.102. The number of amides is 1. The van der Waals surface area contributed by atoms with Crippen LogP contribution in [0, 0.1) is 18.8 Å². The molecule has 0 saturated carbocycles. The van der Waals surface area contributed by atoms with Crippen molar-refractivity contribution in [1.82, 2.24) is 10.2 Å². The summed E-state index contributed by atoms with van der Waals surface area (Å²) >= 11 is 7.37. The van der Waals surface area contributed by atoms with Gasteiger partial charge in [-0.1, -0.05) is 34.8 Å². The highest BCUT2D eigenvalue weighted by atomic mass is 35.5. The van der Waals surface area contributed by atoms with E-state index in [1.807, 2.05) is 6.92 Å². The number of aryl methyl sites for hydroxylation is 1. The van der Waals surface area contributed by atoms with Crippen LogP contribution in [-0.2, 0) is 0 Å². The molecule has 0 unspecified atom stereocenters. The molecule has 102 valence electrons. The van der Waals surface area contributed by atoms with Gasteiger partial charge in [0.05, 0.1) is 11.6 Å². The normalized spacial score (nSPS) is 9.75. The van der Waals surface area contributed by atoms with Crippen LogP contribution in [0.5, 0.6) is 0 Å². The predicted molar refractivity (Wildman–Crippen MR) is 80.0 cm³/mol. The molecule has 5 nitrogen and oxygen atoms in total. The van der Waals surface area contributed by atoms with E-state index >= 15 is 0 Å². The van der Waals surface area contributed by atoms with Crippen molar-refractivity contribution in [2.75, 3.05) is 11.9 Å². The molecule has 0 radical (unpaired) electrons. The summed E-state index contributed by atoms with van der Waals surface area (Å²) in [6.07, 6.45) is 0. The average Bonchev–Trinajstić information content (AvgIpc) is 2.82. The summed E-state index contributed by atoms with van der Waals surface area (Å²) in [6.45, 7) is 2.07. The highest BCUT2D eigenvalue weighted by Crippen LogP contribution is 2.19. The Kier molecular flexibility index (Phi) is 4.69. The summed E-state index contributed by atoms with van der Waals surface area (Å²) in [6, 6.07) is 4.90. The first kappa shape index (κ1) is 14.5. The number of anilines is 1. The van der Waals surface area contributed by atoms with Gasteiger partial charge in [-0.25, -0.2) is 0 Å². The lowest BCUT2D eigenvalue weighted by Crippen LogP contribution is -2.11. The Balaban J connectivity index is 2.16. The molecule has 2 rings (SSSR count). The van der Waals surface area contributed by atoms with Crippen molar-refractivity contribution >= 4 is 34.0 Å². The van der Waals surface area contributed by atoms with Crippen molar-refractivity contribution in [2.24, 2.45) is 5.73 Å². The van der Waals surface area contributed by atoms with E-state index in [4.69, 9.17) is 17.3 Å². The van der Waals surface area contributed by atoms with Gasteiger partial charge >= 0.3 is 0 Å². The molecular weight excluding hydrogens is 296 g/mol. The maximum Gasteiger partial charge on any atom is 0.257 e. The molecule has 0 aliphatic heterocycles. The van der Waals surface area contributed by atoms with E-state index in [1.165, 1.54) is 11.3 Å². The number of nitrogens with one attached hydrogen (secondary N) is 1. The van der Waals surface area contributed by atoms with Gasteiger partial charge in [-0.3, -0.25) is 10.1 Å². The number of nitrogens with two attached hydrogens (primary N) is 1. The number of benzene rings is 1. The number of aromatic nitrogens is 2. The van der Waals surface area contributed by atoms with Crippen LogP contribution >= 0.6 is 22.9 Å². The second-order valence-corrected chi connectivity index (χ2v) is 5.37. The Labute approximate surface area is 125 Å². The fourth-order valence-corrected chi connectivity index (χ4v) is 2.23. The lowest BCUT2D eigenvalue weighted by Gasteiger charge is -2.03. The minimum atomic E-state index is -0.290. The molecule has 3 N–H and O–H groups in total. The number of hydrogen-bond acceptors (Lipinski definition) is 5. The topological polar surface area (TPSA) is 80.9 Å². The summed E-state index contributed by atoms with van der Waals surface area (Å²) < 4.78 is 0. The van der Waals surface area contributed by atoms with Gasteiger partial charge in [-0.15, -0.1) is 10.2 Å². The number of rotatable bonds is 2. The zero-order valence-electron chi connectivity index (χ0n) is 10.6. The minimum absolute atomic E-state index is 0.259. The van der Waals surface area contributed by atoms with Crippen LogP contribution < -0.4 is 11.1 Å². The monoisotopic (exact) mass is 306 g/mol. The van der Waals surface area contributed by atoms with Crippen molar-refractivity contribution in [3.63, 3.8) is 0 Å². The predicted octanol–water partition coefficient (Wildman–Crippen LogP) is 2.06. The van der Waals surface area contributed by atoms with Gasteiger partial charge in [0.25, 0.3) is 5.91 Å². The minimum Gasteiger partial charge on any atom is -0.320 e. The molecule has 1 amide bonds. The molecule has 0 aliphatic carbocycles. The Bertz CT molecular complexity index is 702. The molecule has 1 heterocycles. The molecule has 2 aromatic rings. The quantitative estimate of drug-likeness (QED) is 0.832. The Morgan fingerprint density at radius 3 is 2.90 bits per heavy atom. The third-order valence-corrected chi connectivity index (χ3v) is 3.37. The second-order valence-electron chi connectivity index (χ2n) is 3.78. The van der Waals surface area contributed by atoms with Gasteiger partial charge in [0.15, 0.2) is 0 Å². The van der Waals surface area contributed by atoms with Gasteiger partial charge in [0.1, 0.15) is 5.01 Å². The number of carbonyl (C=O) groups is 1. The Morgan fingerprint density at radius 1 is 1.50 bits per heavy atom. The second kappa shape index (κ2) is 6.48. The van der Waals surface area contributed by atoms with Gasteiger partial charge < -0.3 is 5.73 Å². The van der Waals surface area contributed by atoms with Crippen LogP contribution in [-0.4, -0.2) is 22.6 Å². The molecule has 0 bridgehead atoms. The molecule has 20 heavy (non-hydrogen) atoms. The third kappa shape index (κ3) is 3.54. The summed E-state index contributed by atoms with van der Waals surface area (Å²) in [5, 5.41) is 12.0. The maximum atomic E-state index is 12.0. The fraction of sp³-hybridized carbons (Fsp3) is 0.154. The molecular formula is C13H11ClN4OS. The molecule has 0 saturated heterocycles. The van der Waals surface area contributed by atoms with E-state index in [1.54, 1.807) is 18.2 Å². The Hall–Kier alpha value is -1.94. The average molecular weight is 307 g/mol. The summed E-state index contributed by atoms with van der Waals surface area (Å²) in [7, 11) is 0. The number of carbonyl (C=O) groups excluding carboxylic acids is 1. The smallest absolute Gasteiger partial charge is 0.257 e. The summed E-state index contributed by atoms with van der Waals surface area (Å²) in [4.78, 5) is 12.0. The standard InChI is InChI=1S/C13H11ClN4OS/c1-8-17-18-13(20-8)16-12(19)10-5-4-9(3-2-6-15)11(14)7-10/h4-5,7H,6,15H2,1H3,(H,16,18,19). The van der Waals surface area contributed by atoms with E-state index < -0.39 is 0 Å². The van der Waals surface area contributed by atoms with E-state index in [2.05, 4.69) is 27.4 Å². The first-order valence-electron chi connectivity index (χ1n) is 5.70. The van der Waals surface area contributed by atoms with Crippen LogP contribution in [0.25, 0.3) is 0 Å². The summed E-state index contributed by atoms with van der Waals surface area (Å²) in [5.41, 5.74) is 6.37. The molecule has 7 heteroatoms. The van der Waals surface area contributed by atoms with Crippen LogP contribution in [0.2, 0.25) is 5.02 Å². The number of nitrogens with zero attached hydrogens (tertiary/aromatic N) is 2. The van der Waals surface area contributed by atoms with Crippen molar-refractivity contribution < 1.29 is 4.79 Å². The zero-order valence-corrected chi connectivity index (χ0v) is 12.2. The first-order chi connectivity index (χ1) is 9.60. The van der Waals surface area contributed by atoms with Crippen LogP contribution in [0.15, 0.2) is 18.2 Å². The SMILES string of the molecule is Cc1nnc(NC(=O)c2ccc(C#CCN)c(Cl)c2)s1. The van der Waals surface area contributed by atoms with Crippen molar-refractivity contribution in [3.8, 4) is 11.8 Å². The van der Waals surface area contributed by atoms with E-state index in [-0.39, 0.29) is 12.5 Å². The van der Waals surface area contributed by atoms with Crippen LogP contribution in [0.1, 0.15) is 20.9 Å². The van der Waals surface area contributed by atoms with Gasteiger partial charge in [-0.2, -0.15) is 0 Å². The van der Waals surface area contributed by atoms with Gasteiger partial charge in [-0.05, 0) is 25.1 Å². The highest BCUT2D eigenvalue weighted by Gasteiger charge is 2.10. The maximum absolute atomic E-state index is 12.0. The number of halogens is 1. The van der Waals surface area contributed by atoms with Crippen LogP contribution in [0.4, 0.5) is 5.13 Å². The van der Waals surface area contributed by atoms with E-state index in [0.717, 1.165) is 5.01 Å². The molecule has 0 spiro atoms. The van der Waals surface area contributed by atoms with Crippen molar-refractivity contribution in [2.45, 2.75) is 6.92 Å². The lowest BCUT2D eigenvalue weighted by atomic mass is 10.1. The highest BCUT2D eigenvalue weighted by molar-refractivity contribution is 7.15. The van der Waals surface area contributed by atoms with E-state index in [9.17, 15) is 4.79 Å².